The zero-order valence-corrected chi connectivity index (χ0v) is 23.4. The number of carbonyl (C=O) groups excluding carboxylic acids is 1. The molecular weight excluding hydrogens is 553 g/mol. The minimum absolute atomic E-state index is 0.00774. The van der Waals surface area contributed by atoms with E-state index in [4.69, 9.17) is 9.47 Å². The average molecular weight is 584 g/mol. The maximum absolute atomic E-state index is 13.6. The van der Waals surface area contributed by atoms with E-state index in [0.717, 1.165) is 37.2 Å². The number of likely N-dealkylation sites (N-methyl/N-ethyl adjacent to an activating group) is 1. The predicted octanol–water partition coefficient (Wildman–Crippen LogP) is 4.02. The summed E-state index contributed by atoms with van der Waals surface area (Å²) in [6, 6.07) is 10.8. The fourth-order valence-electron chi connectivity index (χ4n) is 5.77. The van der Waals surface area contributed by atoms with Crippen molar-refractivity contribution >= 4 is 17.6 Å². The molecule has 0 radical (unpaired) electrons. The summed E-state index contributed by atoms with van der Waals surface area (Å²) >= 11 is 0. The van der Waals surface area contributed by atoms with Crippen molar-refractivity contribution in [3.8, 4) is 6.07 Å². The molecule has 42 heavy (non-hydrogen) atoms. The molecule has 5 rings (SSSR count). The number of methoxy groups -OCH3 is 1. The zero-order chi connectivity index (χ0) is 30.2. The number of nitrogens with zero attached hydrogens (tertiary/aromatic N) is 5. The standard InChI is InChI=1S/C29H29F3N6O4/c1-18-24(26(39)41-3)25(23-9-8-19(16-33)14-20(23)17-38(2)10-5-12-42-13-11-38)37-27(34-35-28(37)40)36(18)22-7-4-6-21(15-22)29(30,31)32/h4,6-9,14-15,25H,5,10-13,17H2,1-3H3/p+1. The Kier molecular flexibility index (Phi) is 7.70. The highest BCUT2D eigenvalue weighted by molar-refractivity contribution is 5.93. The van der Waals surface area contributed by atoms with Crippen molar-refractivity contribution in [3.63, 3.8) is 0 Å². The van der Waals surface area contributed by atoms with Gasteiger partial charge in [0.05, 0.1) is 56.7 Å². The van der Waals surface area contributed by atoms with Crippen LogP contribution in [0.15, 0.2) is 58.5 Å². The number of benzene rings is 2. The molecule has 0 amide bonds. The van der Waals surface area contributed by atoms with Gasteiger partial charge in [-0.15, -0.1) is 5.10 Å². The number of nitriles is 1. The second-order valence-electron chi connectivity index (χ2n) is 10.7. The third-order valence-electron chi connectivity index (χ3n) is 7.86. The summed E-state index contributed by atoms with van der Waals surface area (Å²) in [5.41, 5.74) is 0.524. The lowest BCUT2D eigenvalue weighted by molar-refractivity contribution is -0.921. The van der Waals surface area contributed by atoms with Crippen LogP contribution in [0.4, 0.5) is 24.8 Å². The number of nitrogens with one attached hydrogen (secondary N) is 1. The lowest BCUT2D eigenvalue weighted by Crippen LogP contribution is -2.45. The highest BCUT2D eigenvalue weighted by Gasteiger charge is 2.41. The number of hydrogen-bond acceptors (Lipinski definition) is 7. The number of halogens is 3. The third-order valence-corrected chi connectivity index (χ3v) is 7.86. The number of rotatable bonds is 5. The van der Waals surface area contributed by atoms with Crippen molar-refractivity contribution in [3.05, 3.63) is 86.5 Å². The van der Waals surface area contributed by atoms with E-state index in [1.54, 1.807) is 25.1 Å². The normalized spacial score (nSPS) is 21.0. The molecule has 2 aliphatic heterocycles. The van der Waals surface area contributed by atoms with E-state index in [0.29, 0.717) is 35.4 Å². The first kappa shape index (κ1) is 29.1. The molecule has 2 unspecified atom stereocenters. The van der Waals surface area contributed by atoms with Crippen LogP contribution < -0.4 is 10.6 Å². The zero-order valence-electron chi connectivity index (χ0n) is 23.4. The first-order valence-electron chi connectivity index (χ1n) is 13.3. The smallest absolute Gasteiger partial charge is 0.416 e. The van der Waals surface area contributed by atoms with Crippen molar-refractivity contribution in [2.75, 3.05) is 45.4 Å². The molecule has 2 aliphatic rings. The number of quaternary nitrogens is 1. The van der Waals surface area contributed by atoms with Gasteiger partial charge in [0.15, 0.2) is 0 Å². The molecule has 2 atom stereocenters. The summed E-state index contributed by atoms with van der Waals surface area (Å²) in [6.45, 7) is 4.81. The number of aromatic amines is 1. The second kappa shape index (κ2) is 11.1. The lowest BCUT2D eigenvalue weighted by atomic mass is 9.89. The van der Waals surface area contributed by atoms with Gasteiger partial charge in [-0.25, -0.2) is 19.3 Å². The molecule has 1 fully saturated rings. The van der Waals surface area contributed by atoms with E-state index in [1.165, 1.54) is 28.7 Å². The summed E-state index contributed by atoms with van der Waals surface area (Å²) in [6.07, 6.45) is -3.77. The van der Waals surface area contributed by atoms with Crippen LogP contribution in [-0.4, -0.2) is 65.7 Å². The van der Waals surface area contributed by atoms with Crippen LogP contribution in [0.1, 0.15) is 41.6 Å². The Labute approximate surface area is 239 Å². The van der Waals surface area contributed by atoms with Gasteiger partial charge in [-0.1, -0.05) is 12.1 Å². The summed E-state index contributed by atoms with van der Waals surface area (Å²) in [5, 5.41) is 16.3. The van der Waals surface area contributed by atoms with E-state index in [9.17, 15) is 28.0 Å². The third kappa shape index (κ3) is 5.31. The molecule has 1 saturated heterocycles. The van der Waals surface area contributed by atoms with Gasteiger partial charge in [-0.2, -0.15) is 18.4 Å². The fraction of sp³-hybridized carbons (Fsp3) is 0.379. The van der Waals surface area contributed by atoms with Gasteiger partial charge in [0.2, 0.25) is 5.95 Å². The maximum atomic E-state index is 13.6. The monoisotopic (exact) mass is 583 g/mol. The number of hydrogen-bond donors (Lipinski definition) is 1. The molecule has 0 bridgehead atoms. The summed E-state index contributed by atoms with van der Waals surface area (Å²) < 4.78 is 53.5. The number of anilines is 2. The molecule has 0 spiro atoms. The van der Waals surface area contributed by atoms with Gasteiger partial charge in [0, 0.05) is 23.4 Å². The Morgan fingerprint density at radius 3 is 2.74 bits per heavy atom. The minimum Gasteiger partial charge on any atom is -0.466 e. The van der Waals surface area contributed by atoms with E-state index >= 15 is 0 Å². The van der Waals surface area contributed by atoms with Crippen LogP contribution in [0.25, 0.3) is 0 Å². The Morgan fingerprint density at radius 2 is 2.02 bits per heavy atom. The number of allylic oxidation sites excluding steroid dienone is 1. The topological polar surface area (TPSA) is 113 Å². The molecule has 1 aromatic heterocycles. The Morgan fingerprint density at radius 1 is 1.24 bits per heavy atom. The van der Waals surface area contributed by atoms with Gasteiger partial charge in [-0.05, 0) is 42.8 Å². The van der Waals surface area contributed by atoms with Gasteiger partial charge in [0.1, 0.15) is 19.1 Å². The second-order valence-corrected chi connectivity index (χ2v) is 10.7. The fourth-order valence-corrected chi connectivity index (χ4v) is 5.77. The number of aromatic nitrogens is 3. The molecule has 2 aromatic carbocycles. The van der Waals surface area contributed by atoms with Gasteiger partial charge >= 0.3 is 17.8 Å². The van der Waals surface area contributed by atoms with Crippen LogP contribution in [0, 0.1) is 11.3 Å². The summed E-state index contributed by atoms with van der Waals surface area (Å²) in [4.78, 5) is 28.1. The highest BCUT2D eigenvalue weighted by Crippen LogP contribution is 2.44. The van der Waals surface area contributed by atoms with Crippen LogP contribution in [-0.2, 0) is 27.0 Å². The number of ether oxygens (including phenoxy) is 2. The molecular formula is C29H30F3N6O4+. The minimum atomic E-state index is -4.61. The first-order chi connectivity index (χ1) is 20.0. The molecule has 13 heteroatoms. The number of esters is 1. The SMILES string of the molecule is COC(=O)C1=C(C)N(c2cccc(C(F)(F)F)c2)c2n[nH]c(=O)n2C1c1ccc(C#N)cc1C[N+]1(C)CCCOCC1. The Balaban J connectivity index is 1.74. The molecule has 3 heterocycles. The summed E-state index contributed by atoms with van der Waals surface area (Å²) in [7, 11) is 3.29. The van der Waals surface area contributed by atoms with Crippen LogP contribution >= 0.6 is 0 Å². The quantitative estimate of drug-likeness (QED) is 0.357. The number of H-pyrrole nitrogens is 1. The van der Waals surface area contributed by atoms with Gasteiger partial charge < -0.3 is 14.0 Å². The Hall–Kier alpha value is -4.41. The number of alkyl halides is 3. The lowest BCUT2D eigenvalue weighted by Gasteiger charge is -2.37. The molecule has 1 N–H and O–H groups in total. The number of carbonyl (C=O) groups is 1. The van der Waals surface area contributed by atoms with E-state index < -0.39 is 29.4 Å². The van der Waals surface area contributed by atoms with Crippen LogP contribution in [0.3, 0.4) is 0 Å². The number of fused-ring (bicyclic) bond motifs is 1. The van der Waals surface area contributed by atoms with Crippen LogP contribution in [0.2, 0.25) is 0 Å². The van der Waals surface area contributed by atoms with Crippen molar-refractivity contribution in [1.82, 2.24) is 14.8 Å². The van der Waals surface area contributed by atoms with E-state index in [-0.39, 0.29) is 22.9 Å². The Bertz CT molecular complexity index is 1640. The van der Waals surface area contributed by atoms with E-state index in [2.05, 4.69) is 23.3 Å². The van der Waals surface area contributed by atoms with Gasteiger partial charge in [0.25, 0.3) is 0 Å². The molecule has 0 aliphatic carbocycles. The van der Waals surface area contributed by atoms with Crippen molar-refractivity contribution in [1.29, 1.82) is 5.26 Å². The average Bonchev–Trinajstić information content (AvgIpc) is 3.20. The molecule has 3 aromatic rings. The molecule has 10 nitrogen and oxygen atoms in total. The molecule has 0 saturated carbocycles. The van der Waals surface area contributed by atoms with Crippen molar-refractivity contribution in [2.45, 2.75) is 32.1 Å². The highest BCUT2D eigenvalue weighted by atomic mass is 19.4. The largest absolute Gasteiger partial charge is 0.466 e. The maximum Gasteiger partial charge on any atom is 0.416 e. The van der Waals surface area contributed by atoms with E-state index in [1.807, 2.05) is 0 Å². The summed E-state index contributed by atoms with van der Waals surface area (Å²) in [5.74, 6) is -0.750. The van der Waals surface area contributed by atoms with Crippen molar-refractivity contribution in [2.24, 2.45) is 0 Å². The van der Waals surface area contributed by atoms with Gasteiger partial charge in [-0.3, -0.25) is 4.90 Å². The molecule has 220 valence electrons. The van der Waals surface area contributed by atoms with Crippen LogP contribution in [0.5, 0.6) is 0 Å². The first-order valence-corrected chi connectivity index (χ1v) is 13.3. The van der Waals surface area contributed by atoms with Crippen molar-refractivity contribution < 1.29 is 31.9 Å². The predicted molar refractivity (Wildman–Crippen MR) is 146 cm³/mol.